The Bertz CT molecular complexity index is 1730. The molecule has 0 aromatic heterocycles. The minimum absolute atomic E-state index is 0. The molecule has 2 saturated heterocycles. The zero-order chi connectivity index (χ0) is 34.7. The third-order valence-corrected chi connectivity index (χ3v) is 12.4. The third kappa shape index (κ3) is 5.14. The van der Waals surface area contributed by atoms with Crippen LogP contribution in [0.15, 0.2) is 70.9 Å². The molecule has 10 rings (SSSR count). The summed E-state index contributed by atoms with van der Waals surface area (Å²) in [5, 5.41) is 0. The van der Waals surface area contributed by atoms with Crippen molar-refractivity contribution in [3.63, 3.8) is 0 Å². The van der Waals surface area contributed by atoms with E-state index >= 15 is 0 Å². The summed E-state index contributed by atoms with van der Waals surface area (Å²) in [7, 11) is 4.54. The Morgan fingerprint density at radius 3 is 1.34 bits per heavy atom. The zero-order valence-electron chi connectivity index (χ0n) is 30.0. The maximum absolute atomic E-state index is 7.50. The first-order valence-corrected chi connectivity index (χ1v) is 16.6. The van der Waals surface area contributed by atoms with Gasteiger partial charge in [-0.15, -0.1) is 0 Å². The van der Waals surface area contributed by atoms with Crippen molar-refractivity contribution in [3.8, 4) is 11.5 Å². The summed E-state index contributed by atoms with van der Waals surface area (Å²) in [4.78, 5) is 5.06. The van der Waals surface area contributed by atoms with Gasteiger partial charge in [-0.3, -0.25) is 9.80 Å². The number of likely N-dealkylation sites (tertiary alicyclic amines) is 2. The van der Waals surface area contributed by atoms with E-state index in [0.29, 0.717) is 12.1 Å². The van der Waals surface area contributed by atoms with Crippen LogP contribution in [0, 0.1) is 41.2 Å². The van der Waals surface area contributed by atoms with E-state index in [2.05, 4.69) is 120 Å². The van der Waals surface area contributed by atoms with E-state index in [4.69, 9.17) is 23.4 Å². The molecule has 2 aromatic carbocycles. The molecular weight excluding hydrogens is 668 g/mol. The Balaban J connectivity index is 0.000000189. The summed E-state index contributed by atoms with van der Waals surface area (Å²) in [6.07, 6.45) is 14.5. The molecular formula is C42H45FeN2O5-. The number of likely N-dealkylation sites (N-methyl/N-ethyl adjacent to an activating group) is 2. The van der Waals surface area contributed by atoms with Gasteiger partial charge in [-0.1, -0.05) is 48.6 Å². The minimum Gasteiger partial charge on any atom is -0.358 e. The van der Waals surface area contributed by atoms with Crippen LogP contribution >= 0.6 is 0 Å². The predicted molar refractivity (Wildman–Crippen MR) is 186 cm³/mol. The Labute approximate surface area is 308 Å². The predicted octanol–water partition coefficient (Wildman–Crippen LogP) is 6.62. The van der Waals surface area contributed by atoms with Crippen LogP contribution in [0.5, 0.6) is 11.5 Å². The van der Waals surface area contributed by atoms with E-state index in [9.17, 15) is 0 Å². The fraction of sp³-hybridized carbons (Fsp3) is 0.429. The summed E-state index contributed by atoms with van der Waals surface area (Å²) in [5.74, 6) is 2.36. The van der Waals surface area contributed by atoms with Gasteiger partial charge >= 0.3 is 33.9 Å². The summed E-state index contributed by atoms with van der Waals surface area (Å²) in [6, 6.07) is 10.3. The van der Waals surface area contributed by atoms with Crippen molar-refractivity contribution in [2.24, 2.45) is 0 Å². The summed E-state index contributed by atoms with van der Waals surface area (Å²) in [6.45, 7) is 24.7. The molecule has 6 atom stereocenters. The van der Waals surface area contributed by atoms with Gasteiger partial charge in [0.05, 0.1) is 10.8 Å². The molecule has 0 unspecified atom stereocenters. The second-order valence-electron chi connectivity index (χ2n) is 14.4. The molecule has 4 aliphatic heterocycles. The number of nitrogens with zero attached hydrogens (tertiary/aromatic N) is 2. The standard InChI is InChI=1S/2C19H21NO.3CO.CH3.Fe/c2*1-11-4-6-13-10-15-14-7-5-12(2)18-19(14,8-9-20(15)3)16(13)17(11)21-18;3*1-2;;/h2*4-7,15,18H,8-10H2,1-3H3;;;;1H3;/q;;;;;-1;/t2*15-,18+,19+;;;;;/m11...../s1. The maximum atomic E-state index is 7.50. The van der Waals surface area contributed by atoms with Crippen molar-refractivity contribution in [1.82, 2.24) is 9.80 Å². The first kappa shape index (κ1) is 39.4. The number of benzene rings is 2. The molecule has 262 valence electrons. The van der Waals surface area contributed by atoms with Crippen LogP contribution in [0.3, 0.4) is 0 Å². The fourth-order valence-corrected chi connectivity index (χ4v) is 10.3. The molecule has 2 fully saturated rings. The van der Waals surface area contributed by atoms with Crippen LogP contribution in [-0.4, -0.2) is 61.3 Å². The summed E-state index contributed by atoms with van der Waals surface area (Å²) < 4.78 is 35.6. The van der Waals surface area contributed by atoms with Gasteiger partial charge in [-0.25, -0.2) is 0 Å². The molecule has 0 saturated carbocycles. The number of ether oxygens (including phenoxy) is 2. The Hall–Kier alpha value is -3.34. The first-order valence-electron chi connectivity index (χ1n) is 16.6. The van der Waals surface area contributed by atoms with Crippen LogP contribution in [0.25, 0.3) is 0 Å². The Morgan fingerprint density at radius 2 is 0.980 bits per heavy atom. The van der Waals surface area contributed by atoms with Crippen LogP contribution in [0.1, 0.15) is 60.1 Å². The summed E-state index contributed by atoms with van der Waals surface area (Å²) in [5.41, 5.74) is 14.9. The van der Waals surface area contributed by atoms with E-state index in [1.165, 1.54) is 82.0 Å². The Morgan fingerprint density at radius 1 is 0.620 bits per heavy atom. The molecule has 0 amide bonds. The van der Waals surface area contributed by atoms with Crippen LogP contribution in [-0.2, 0) is 54.7 Å². The molecule has 8 aliphatic rings. The van der Waals surface area contributed by atoms with Crippen molar-refractivity contribution in [1.29, 1.82) is 0 Å². The van der Waals surface area contributed by atoms with Crippen molar-refractivity contribution in [2.45, 2.75) is 88.5 Å². The third-order valence-electron chi connectivity index (χ3n) is 12.4. The average Bonchev–Trinajstić information content (AvgIpc) is 3.66. The molecule has 4 aliphatic carbocycles. The van der Waals surface area contributed by atoms with Crippen molar-refractivity contribution in [2.75, 3.05) is 27.2 Å². The number of hydrogen-bond acceptors (Lipinski definition) is 4. The molecule has 8 heteroatoms. The largest absolute Gasteiger partial charge is 0.358 e. The number of aryl methyl sites for hydroxylation is 2. The Kier molecular flexibility index (Phi) is 11.6. The van der Waals surface area contributed by atoms with Gasteiger partial charge in [-0.05, 0) is 125 Å². The van der Waals surface area contributed by atoms with Crippen LogP contribution in [0.2, 0.25) is 0 Å². The van der Waals surface area contributed by atoms with Gasteiger partial charge in [0.15, 0.2) is 0 Å². The topological polar surface area (TPSA) is 84.6 Å². The number of piperidine rings is 2. The van der Waals surface area contributed by atoms with Gasteiger partial charge in [0.2, 0.25) is 0 Å². The molecule has 2 aromatic rings. The van der Waals surface area contributed by atoms with Gasteiger partial charge in [0.25, 0.3) is 0 Å². The normalized spacial score (nSPS) is 30.2. The molecule has 50 heavy (non-hydrogen) atoms. The van der Waals surface area contributed by atoms with Crippen molar-refractivity contribution < 1.29 is 40.5 Å². The first-order chi connectivity index (χ1) is 23.3. The van der Waals surface area contributed by atoms with Gasteiger partial charge in [0.1, 0.15) is 23.7 Å². The second-order valence-corrected chi connectivity index (χ2v) is 14.4. The van der Waals surface area contributed by atoms with Gasteiger partial charge in [-0.2, -0.15) is 0 Å². The SMILES string of the molecule is CC1=CC=C2[C@H]3Cc4ccc(C)c5c4[C@@]2(CCN3C)[C@H]1O5.CC1=CC=C2[C@H]3Cc4ccc(C)c5c4[C@@]2(CCN3C)[C@H]1O5.[C-]#[O+].[C-]#[O+].[C-]#[O+].[CH3-].[Fe]. The fourth-order valence-electron chi connectivity index (χ4n) is 10.3. The molecule has 7 nitrogen and oxygen atoms in total. The molecule has 4 bridgehead atoms. The maximum Gasteiger partial charge on any atom is 0 e. The molecule has 0 N–H and O–H groups in total. The number of hydrogen-bond donors (Lipinski definition) is 0. The zero-order valence-corrected chi connectivity index (χ0v) is 31.1. The van der Waals surface area contributed by atoms with Gasteiger partial charge < -0.3 is 16.9 Å². The molecule has 4 heterocycles. The smallest absolute Gasteiger partial charge is 0 e. The quantitative estimate of drug-likeness (QED) is 0.175. The van der Waals surface area contributed by atoms with Crippen LogP contribution in [0.4, 0.5) is 0 Å². The second kappa shape index (κ2) is 14.7. The van der Waals surface area contributed by atoms with Crippen molar-refractivity contribution >= 4 is 0 Å². The van der Waals surface area contributed by atoms with E-state index < -0.39 is 0 Å². The van der Waals surface area contributed by atoms with E-state index in [1.54, 1.807) is 11.1 Å². The number of rotatable bonds is 0. The van der Waals surface area contributed by atoms with Crippen LogP contribution < -0.4 is 9.47 Å². The van der Waals surface area contributed by atoms with E-state index in [0.717, 1.165) is 12.8 Å². The van der Waals surface area contributed by atoms with Crippen molar-refractivity contribution in [3.05, 3.63) is 132 Å². The molecule has 0 radical (unpaired) electrons. The molecule has 2 spiro atoms. The number of allylic oxidation sites excluding steroid dienone is 4. The monoisotopic (exact) mass is 713 g/mol. The van der Waals surface area contributed by atoms with E-state index in [1.807, 2.05) is 0 Å². The van der Waals surface area contributed by atoms with Gasteiger partial charge in [0, 0.05) is 40.3 Å². The summed E-state index contributed by atoms with van der Waals surface area (Å²) >= 11 is 0. The minimum atomic E-state index is 0. The van der Waals surface area contributed by atoms with E-state index in [-0.39, 0.29) is 47.5 Å². The average molecular weight is 714 g/mol.